The second-order valence-electron chi connectivity index (χ2n) is 14.1. The summed E-state index contributed by atoms with van der Waals surface area (Å²) in [6.07, 6.45) is 0. The van der Waals surface area contributed by atoms with Crippen molar-refractivity contribution < 1.29 is 0 Å². The lowest BCUT2D eigenvalue weighted by Crippen LogP contribution is -1.96. The van der Waals surface area contributed by atoms with E-state index in [0.29, 0.717) is 8.19 Å². The normalized spacial score (nSPS) is 11.9. The van der Waals surface area contributed by atoms with E-state index in [2.05, 4.69) is 198 Å². The Bertz CT molecular complexity index is 3210. The summed E-state index contributed by atoms with van der Waals surface area (Å²) in [6.45, 7) is 0. The van der Waals surface area contributed by atoms with Crippen LogP contribution in [0.2, 0.25) is 0 Å². The highest BCUT2D eigenvalue weighted by Crippen LogP contribution is 2.46. The number of imidazole rings is 1. The van der Waals surface area contributed by atoms with Crippen molar-refractivity contribution in [3.8, 4) is 50.5 Å². The van der Waals surface area contributed by atoms with Crippen LogP contribution in [0.4, 0.5) is 0 Å². The molecule has 0 bridgehead atoms. The minimum atomic E-state index is 0.612. The first-order valence-corrected chi connectivity index (χ1v) is 19.5. The van der Waals surface area contributed by atoms with E-state index in [9.17, 15) is 0 Å². The van der Waals surface area contributed by atoms with Gasteiger partial charge in [-0.1, -0.05) is 152 Å². The smallest absolute Gasteiger partial charge is 0.145 e. The average molecular weight is 705 g/mol. The van der Waals surface area contributed by atoms with Crippen LogP contribution in [-0.4, -0.2) is 9.55 Å². The third-order valence-electron chi connectivity index (χ3n) is 11.0. The van der Waals surface area contributed by atoms with Crippen molar-refractivity contribution in [3.05, 3.63) is 194 Å². The highest BCUT2D eigenvalue weighted by atomic mass is 31.0. The number of rotatable bonds is 5. The van der Waals surface area contributed by atoms with Gasteiger partial charge in [-0.2, -0.15) is 0 Å². The average Bonchev–Trinajstić information content (AvgIpc) is 3.85. The van der Waals surface area contributed by atoms with Crippen LogP contribution in [0.15, 0.2) is 194 Å². The molecule has 9 aromatic carbocycles. The van der Waals surface area contributed by atoms with Crippen molar-refractivity contribution >= 4 is 62.0 Å². The molecule has 0 aliphatic carbocycles. The Morgan fingerprint density at radius 3 is 1.56 bits per heavy atom. The van der Waals surface area contributed by atoms with Gasteiger partial charge in [0.15, 0.2) is 0 Å². The molecule has 54 heavy (non-hydrogen) atoms. The monoisotopic (exact) mass is 704 g/mol. The first-order chi connectivity index (χ1) is 26.8. The van der Waals surface area contributed by atoms with Gasteiger partial charge in [0.05, 0.1) is 10.8 Å². The molecule has 3 heteroatoms. The van der Waals surface area contributed by atoms with E-state index in [1.54, 1.807) is 0 Å². The van der Waals surface area contributed by atoms with Crippen molar-refractivity contribution in [2.75, 3.05) is 0 Å². The lowest BCUT2D eigenvalue weighted by Gasteiger charge is -2.19. The summed E-state index contributed by atoms with van der Waals surface area (Å²) in [4.78, 5) is 5.12. The second kappa shape index (κ2) is 12.5. The summed E-state index contributed by atoms with van der Waals surface area (Å²) in [5.41, 5.74) is 10.7. The minimum absolute atomic E-state index is 0.612. The molecular weight excluding hydrogens is 672 g/mol. The fraction of sp³-hybridized carbons (Fsp3) is 0. The largest absolute Gasteiger partial charge is 0.289 e. The molecule has 2 heterocycles. The van der Waals surface area contributed by atoms with E-state index in [1.807, 2.05) is 0 Å². The van der Waals surface area contributed by atoms with E-state index < -0.39 is 0 Å². The van der Waals surface area contributed by atoms with Crippen molar-refractivity contribution in [1.82, 2.24) is 9.55 Å². The third kappa shape index (κ3) is 5.00. The number of para-hydroxylation sites is 1. The summed E-state index contributed by atoms with van der Waals surface area (Å²) in [5.74, 6) is 3.21. The van der Waals surface area contributed by atoms with E-state index in [-0.39, 0.29) is 0 Å². The fourth-order valence-corrected chi connectivity index (χ4v) is 9.45. The van der Waals surface area contributed by atoms with Gasteiger partial charge in [0.1, 0.15) is 5.82 Å². The van der Waals surface area contributed by atoms with Crippen LogP contribution in [-0.2, 0) is 0 Å². The lowest BCUT2D eigenvalue weighted by molar-refractivity contribution is 1.11. The molecule has 11 rings (SSSR count). The van der Waals surface area contributed by atoms with E-state index >= 15 is 0 Å². The Labute approximate surface area is 314 Å². The maximum absolute atomic E-state index is 5.12. The molecule has 0 amide bonds. The van der Waals surface area contributed by atoms with Crippen LogP contribution in [0.1, 0.15) is 0 Å². The molecule has 0 spiro atoms. The highest BCUT2D eigenvalue weighted by molar-refractivity contribution is 7.36. The van der Waals surface area contributed by atoms with Crippen molar-refractivity contribution in [3.63, 3.8) is 0 Å². The number of aromatic nitrogens is 2. The molecule has 0 N–H and O–H groups in total. The van der Waals surface area contributed by atoms with E-state index in [0.717, 1.165) is 22.6 Å². The van der Waals surface area contributed by atoms with Gasteiger partial charge in [-0.05, 0) is 119 Å². The summed E-state index contributed by atoms with van der Waals surface area (Å²) in [6, 6.07) is 68.8. The number of hydrogen-bond donors (Lipinski definition) is 0. The lowest BCUT2D eigenvalue weighted by atomic mass is 9.84. The quantitative estimate of drug-likeness (QED) is 0.163. The van der Waals surface area contributed by atoms with Crippen LogP contribution < -0.4 is 0 Å². The first kappa shape index (κ1) is 30.9. The molecule has 2 aromatic heterocycles. The molecule has 1 atom stereocenters. The molecule has 0 radical (unpaired) electrons. The summed E-state index contributed by atoms with van der Waals surface area (Å²) in [5, 5.41) is 11.3. The van der Waals surface area contributed by atoms with Gasteiger partial charge >= 0.3 is 0 Å². The Morgan fingerprint density at radius 2 is 0.889 bits per heavy atom. The maximum atomic E-state index is 5.12. The van der Waals surface area contributed by atoms with Gasteiger partial charge in [0.25, 0.3) is 0 Å². The molecule has 11 aromatic rings. The summed E-state index contributed by atoms with van der Waals surface area (Å²) >= 11 is 0. The maximum Gasteiger partial charge on any atom is 0.145 e. The third-order valence-corrected chi connectivity index (χ3v) is 12.0. The number of fused-ring (bicyclic) bond motifs is 5. The van der Waals surface area contributed by atoms with Crippen LogP contribution in [0.5, 0.6) is 0 Å². The molecule has 0 aliphatic rings. The van der Waals surface area contributed by atoms with Crippen LogP contribution in [0.3, 0.4) is 0 Å². The van der Waals surface area contributed by atoms with Gasteiger partial charge < -0.3 is 0 Å². The topological polar surface area (TPSA) is 17.8 Å². The predicted molar refractivity (Wildman–Crippen MR) is 232 cm³/mol. The molecule has 0 fully saturated rings. The minimum Gasteiger partial charge on any atom is -0.289 e. The summed E-state index contributed by atoms with van der Waals surface area (Å²) in [7, 11) is 0.612. The van der Waals surface area contributed by atoms with E-state index in [1.165, 1.54) is 81.7 Å². The van der Waals surface area contributed by atoms with Crippen molar-refractivity contribution in [2.24, 2.45) is 0 Å². The molecule has 1 unspecified atom stereocenters. The zero-order chi connectivity index (χ0) is 35.6. The Morgan fingerprint density at radius 1 is 0.370 bits per heavy atom. The Kier molecular flexibility index (Phi) is 7.11. The first-order valence-electron chi connectivity index (χ1n) is 18.5. The second-order valence-corrected chi connectivity index (χ2v) is 15.2. The van der Waals surface area contributed by atoms with Crippen molar-refractivity contribution in [1.29, 1.82) is 0 Å². The molecule has 0 saturated heterocycles. The number of nitrogens with zero attached hydrogens (tertiary/aromatic N) is 2. The van der Waals surface area contributed by atoms with Crippen LogP contribution in [0, 0.1) is 0 Å². The zero-order valence-electron chi connectivity index (χ0n) is 29.4. The predicted octanol–water partition coefficient (Wildman–Crippen LogP) is 14.3. The molecule has 252 valence electrons. The number of hydrogen-bond acceptors (Lipinski definition) is 1. The Balaban J connectivity index is 1.13. The SMILES string of the molecule is c1ccc(-n2c(-c3ccc(-c4ccc5c(-c6ccc7ccccc7c6)c6ccccc6c(-c6ccc7ccccc7c6)c5c4)cc3)nc3cc[pH]c32)cc1. The highest BCUT2D eigenvalue weighted by Gasteiger charge is 2.19. The standard InChI is InChI=1S/C51H33N2P/c1-2-14-42(15-3-1)53-50(52-47-28-29-54-51(47)53)36-22-18-35(19-23-36)39-26-27-45-46(32-39)49(41-25-21-34-11-5-7-13-38(34)31-41)44-17-9-8-16-43(44)48(45)40-24-20-33-10-4-6-12-37(33)30-40/h1-32,54H. The fourth-order valence-electron chi connectivity index (χ4n) is 8.40. The van der Waals surface area contributed by atoms with Gasteiger partial charge in [-0.15, -0.1) is 8.19 Å². The van der Waals surface area contributed by atoms with Crippen molar-refractivity contribution in [2.45, 2.75) is 0 Å². The molecule has 0 aliphatic heterocycles. The molecular formula is C51H33N2P. The molecule has 0 saturated carbocycles. The summed E-state index contributed by atoms with van der Waals surface area (Å²) < 4.78 is 2.33. The van der Waals surface area contributed by atoms with Gasteiger partial charge in [-0.25, -0.2) is 4.98 Å². The van der Waals surface area contributed by atoms with E-state index in [4.69, 9.17) is 4.98 Å². The number of benzene rings is 9. The molecule has 2 nitrogen and oxygen atoms in total. The van der Waals surface area contributed by atoms with Gasteiger partial charge in [0.2, 0.25) is 0 Å². The van der Waals surface area contributed by atoms with Gasteiger partial charge in [-0.3, -0.25) is 4.57 Å². The van der Waals surface area contributed by atoms with Crippen LogP contribution >= 0.6 is 8.19 Å². The van der Waals surface area contributed by atoms with Crippen LogP contribution in [0.25, 0.3) is 104 Å². The zero-order valence-corrected chi connectivity index (χ0v) is 30.4. The van der Waals surface area contributed by atoms with Gasteiger partial charge in [0, 0.05) is 11.3 Å². The Hall–Kier alpha value is -6.73.